The maximum absolute atomic E-state index is 12.9. The van der Waals surface area contributed by atoms with Gasteiger partial charge in [0.15, 0.2) is 0 Å². The zero-order chi connectivity index (χ0) is 19.5. The zero-order valence-corrected chi connectivity index (χ0v) is 15.4. The molecule has 0 aliphatic heterocycles. The van der Waals surface area contributed by atoms with Crippen LogP contribution in [0.15, 0.2) is 24.3 Å². The topological polar surface area (TPSA) is 48.0 Å². The average Bonchev–Trinajstić information content (AvgIpc) is 2.85. The number of benzene rings is 1. The number of primary amides is 1. The number of unbranched alkanes of at least 4 members (excludes halogenated alkanes) is 1. The van der Waals surface area contributed by atoms with E-state index in [-0.39, 0.29) is 0 Å². The second kappa shape index (κ2) is 7.98. The Morgan fingerprint density at radius 3 is 2.19 bits per heavy atom. The van der Waals surface area contributed by atoms with Crippen molar-refractivity contribution in [2.24, 2.45) is 5.73 Å². The van der Waals surface area contributed by atoms with Gasteiger partial charge in [-0.2, -0.15) is 13.2 Å². The van der Waals surface area contributed by atoms with Crippen LogP contribution in [0.5, 0.6) is 0 Å². The van der Waals surface area contributed by atoms with Gasteiger partial charge in [0.25, 0.3) is 5.91 Å². The quantitative estimate of drug-likeness (QED) is 0.707. The summed E-state index contributed by atoms with van der Waals surface area (Å²) in [7, 11) is 0. The van der Waals surface area contributed by atoms with Gasteiger partial charge in [0.1, 0.15) is 0 Å². The molecule has 0 saturated heterocycles. The van der Waals surface area contributed by atoms with E-state index in [0.29, 0.717) is 16.7 Å². The molecule has 0 radical (unpaired) electrons. The lowest BCUT2D eigenvalue weighted by Gasteiger charge is -2.13. The molecule has 0 aliphatic rings. The highest BCUT2D eigenvalue weighted by Gasteiger charge is 2.31. The fraction of sp³-hybridized carbons (Fsp3) is 0.450. The Morgan fingerprint density at radius 1 is 1.12 bits per heavy atom. The zero-order valence-electron chi connectivity index (χ0n) is 15.4. The molecule has 2 aromatic rings. The maximum Gasteiger partial charge on any atom is 0.416 e. The Kier molecular flexibility index (Phi) is 6.16. The molecule has 1 heterocycles. The lowest BCUT2D eigenvalue weighted by molar-refractivity contribution is -0.137. The lowest BCUT2D eigenvalue weighted by Crippen LogP contribution is -2.13. The summed E-state index contributed by atoms with van der Waals surface area (Å²) < 4.78 is 40.7. The number of hydrogen-bond acceptors (Lipinski definition) is 1. The number of aromatic nitrogens is 1. The molecule has 0 aliphatic carbocycles. The fourth-order valence-corrected chi connectivity index (χ4v) is 3.35. The summed E-state index contributed by atoms with van der Waals surface area (Å²) in [6.07, 6.45) is -0.836. The first-order valence-electron chi connectivity index (χ1n) is 8.91. The van der Waals surface area contributed by atoms with Crippen LogP contribution >= 0.6 is 0 Å². The number of hydrogen-bond donors (Lipinski definition) is 1. The van der Waals surface area contributed by atoms with Crippen LogP contribution in [0, 0.1) is 6.92 Å². The van der Waals surface area contributed by atoms with Gasteiger partial charge in [-0.1, -0.05) is 38.8 Å². The molecule has 142 valence electrons. The van der Waals surface area contributed by atoms with Gasteiger partial charge >= 0.3 is 6.18 Å². The molecule has 3 nitrogen and oxygen atoms in total. The van der Waals surface area contributed by atoms with Gasteiger partial charge < -0.3 is 10.3 Å². The van der Waals surface area contributed by atoms with E-state index < -0.39 is 17.6 Å². The van der Waals surface area contributed by atoms with E-state index in [4.69, 9.17) is 5.73 Å². The van der Waals surface area contributed by atoms with Crippen LogP contribution in [0.3, 0.4) is 0 Å². The lowest BCUT2D eigenvalue weighted by atomic mass is 9.97. The maximum atomic E-state index is 12.9. The summed E-state index contributed by atoms with van der Waals surface area (Å²) in [5.74, 6) is -0.551. The number of carbonyl (C=O) groups is 1. The van der Waals surface area contributed by atoms with E-state index in [1.54, 1.807) is 0 Å². The molecule has 26 heavy (non-hydrogen) atoms. The smallest absolute Gasteiger partial charge is 0.366 e. The Hall–Kier alpha value is -2.24. The number of rotatable bonds is 7. The third-order valence-electron chi connectivity index (χ3n) is 4.60. The van der Waals surface area contributed by atoms with Crippen LogP contribution in [-0.2, 0) is 19.1 Å². The summed E-state index contributed by atoms with van der Waals surface area (Å²) in [5, 5.41) is 0. The Morgan fingerprint density at radius 2 is 1.73 bits per heavy atom. The van der Waals surface area contributed by atoms with Crippen LogP contribution in [0.2, 0.25) is 0 Å². The predicted octanol–water partition coefficient (Wildman–Crippen LogP) is 5.33. The minimum Gasteiger partial charge on any atom is -0.366 e. The highest BCUT2D eigenvalue weighted by atomic mass is 19.4. The largest absolute Gasteiger partial charge is 0.416 e. The van der Waals surface area contributed by atoms with Crippen molar-refractivity contribution in [2.75, 3.05) is 0 Å². The van der Waals surface area contributed by atoms with Crippen molar-refractivity contribution in [3.05, 3.63) is 46.8 Å². The third-order valence-corrected chi connectivity index (χ3v) is 4.60. The van der Waals surface area contributed by atoms with Gasteiger partial charge in [-0.05, 0) is 37.5 Å². The van der Waals surface area contributed by atoms with E-state index in [9.17, 15) is 18.0 Å². The van der Waals surface area contributed by atoms with Crippen LogP contribution < -0.4 is 5.73 Å². The SMILES string of the molecule is CCCCn1c(C)c(C(N)=O)c(-c2ccc(C(F)(F)F)cc2)c1CCC. The molecule has 0 fully saturated rings. The molecular weight excluding hydrogens is 341 g/mol. The Bertz CT molecular complexity index is 774. The predicted molar refractivity (Wildman–Crippen MR) is 97.0 cm³/mol. The summed E-state index contributed by atoms with van der Waals surface area (Å²) in [6, 6.07) is 4.95. The molecule has 2 rings (SSSR count). The second-order valence-corrected chi connectivity index (χ2v) is 6.48. The van der Waals surface area contributed by atoms with Crippen molar-refractivity contribution in [3.63, 3.8) is 0 Å². The molecule has 0 spiro atoms. The Balaban J connectivity index is 2.66. The standard InChI is InChI=1S/C20H25F3N2O/c1-4-6-12-25-13(3)17(19(24)26)18(16(25)7-5-2)14-8-10-15(11-9-14)20(21,22)23/h8-11H,4-7,12H2,1-3H3,(H2,24,26). The minimum absolute atomic E-state index is 0.407. The number of alkyl halides is 3. The number of amides is 1. The van der Waals surface area contributed by atoms with Crippen molar-refractivity contribution in [1.82, 2.24) is 4.57 Å². The molecule has 1 amide bonds. The summed E-state index contributed by atoms with van der Waals surface area (Å²) in [6.45, 7) is 6.73. The minimum atomic E-state index is -4.39. The summed E-state index contributed by atoms with van der Waals surface area (Å²) >= 11 is 0. The normalized spacial score (nSPS) is 11.8. The van der Waals surface area contributed by atoms with Gasteiger partial charge in [-0.25, -0.2) is 0 Å². The first-order valence-corrected chi connectivity index (χ1v) is 8.91. The molecule has 2 N–H and O–H groups in total. The molecule has 0 unspecified atom stereocenters. The molecule has 0 atom stereocenters. The Labute approximate surface area is 152 Å². The van der Waals surface area contributed by atoms with Crippen molar-refractivity contribution >= 4 is 5.91 Å². The van der Waals surface area contributed by atoms with Gasteiger partial charge in [0, 0.05) is 23.5 Å². The van der Waals surface area contributed by atoms with E-state index in [0.717, 1.165) is 55.7 Å². The van der Waals surface area contributed by atoms with Gasteiger partial charge in [0.05, 0.1) is 11.1 Å². The molecular formula is C20H25F3N2O. The number of carbonyl (C=O) groups excluding carboxylic acids is 1. The molecule has 6 heteroatoms. The molecule has 0 bridgehead atoms. The van der Waals surface area contributed by atoms with Crippen molar-refractivity contribution in [2.45, 2.75) is 59.2 Å². The molecule has 1 aromatic carbocycles. The van der Waals surface area contributed by atoms with Gasteiger partial charge in [0.2, 0.25) is 0 Å². The highest BCUT2D eigenvalue weighted by Crippen LogP contribution is 2.36. The average molecular weight is 366 g/mol. The van der Waals surface area contributed by atoms with E-state index in [1.807, 2.05) is 13.8 Å². The van der Waals surface area contributed by atoms with Crippen LogP contribution in [0.4, 0.5) is 13.2 Å². The molecule has 0 saturated carbocycles. The third kappa shape index (κ3) is 3.94. The first-order chi connectivity index (χ1) is 12.2. The van der Waals surface area contributed by atoms with Crippen molar-refractivity contribution in [1.29, 1.82) is 0 Å². The van der Waals surface area contributed by atoms with Crippen molar-refractivity contribution < 1.29 is 18.0 Å². The monoisotopic (exact) mass is 366 g/mol. The number of halogens is 3. The van der Waals surface area contributed by atoms with Crippen molar-refractivity contribution in [3.8, 4) is 11.1 Å². The highest BCUT2D eigenvalue weighted by molar-refractivity contribution is 6.02. The second-order valence-electron chi connectivity index (χ2n) is 6.48. The van der Waals surface area contributed by atoms with E-state index in [1.165, 1.54) is 12.1 Å². The van der Waals surface area contributed by atoms with Crippen LogP contribution in [0.1, 0.15) is 60.4 Å². The summed E-state index contributed by atoms with van der Waals surface area (Å²) in [5.41, 5.74) is 8.33. The number of nitrogens with two attached hydrogens (primary N) is 1. The molecule has 1 aromatic heterocycles. The van der Waals surface area contributed by atoms with Gasteiger partial charge in [-0.15, -0.1) is 0 Å². The van der Waals surface area contributed by atoms with E-state index in [2.05, 4.69) is 11.5 Å². The fourth-order valence-electron chi connectivity index (χ4n) is 3.35. The van der Waals surface area contributed by atoms with E-state index >= 15 is 0 Å². The number of nitrogens with zero attached hydrogens (tertiary/aromatic N) is 1. The first kappa shape index (κ1) is 20.1. The summed E-state index contributed by atoms with van der Waals surface area (Å²) in [4.78, 5) is 12.1. The van der Waals surface area contributed by atoms with Crippen LogP contribution in [0.25, 0.3) is 11.1 Å². The van der Waals surface area contributed by atoms with Crippen LogP contribution in [-0.4, -0.2) is 10.5 Å². The van der Waals surface area contributed by atoms with Gasteiger partial charge in [-0.3, -0.25) is 4.79 Å².